The van der Waals surface area contributed by atoms with Gasteiger partial charge in [0.1, 0.15) is 11.0 Å². The largest absolute Gasteiger partial charge is 0.493 e. The zero-order chi connectivity index (χ0) is 13.8. The van der Waals surface area contributed by atoms with E-state index in [0.717, 1.165) is 6.26 Å². The first kappa shape index (κ1) is 14.1. The molecule has 0 bridgehead atoms. The van der Waals surface area contributed by atoms with Gasteiger partial charge >= 0.3 is 0 Å². The Labute approximate surface area is 106 Å². The lowest BCUT2D eigenvalue weighted by Gasteiger charge is -2.07. The third-order valence-corrected chi connectivity index (χ3v) is 3.22. The number of nitrogens with zero attached hydrogens (tertiary/aromatic N) is 1. The van der Waals surface area contributed by atoms with Gasteiger partial charge in [0, 0.05) is 6.26 Å². The van der Waals surface area contributed by atoms with E-state index in [1.54, 1.807) is 24.3 Å². The molecule has 0 aliphatic rings. The first-order chi connectivity index (χ1) is 8.42. The molecular weight excluding hydrogens is 254 g/mol. The molecule has 6 heteroatoms. The van der Waals surface area contributed by atoms with Crippen molar-refractivity contribution < 1.29 is 17.9 Å². The van der Waals surface area contributed by atoms with E-state index < -0.39 is 9.84 Å². The molecule has 0 heterocycles. The number of hydrogen-bond donors (Lipinski definition) is 0. The Morgan fingerprint density at radius 2 is 1.89 bits per heavy atom. The highest BCUT2D eigenvalue weighted by Gasteiger charge is 2.11. The second-order valence-electron chi connectivity index (χ2n) is 3.51. The van der Waals surface area contributed by atoms with Gasteiger partial charge in [-0.05, 0) is 23.8 Å². The van der Waals surface area contributed by atoms with Gasteiger partial charge in [-0.2, -0.15) is 5.26 Å². The van der Waals surface area contributed by atoms with Gasteiger partial charge in [-0.15, -0.1) is 0 Å². The third kappa shape index (κ3) is 3.25. The summed E-state index contributed by atoms with van der Waals surface area (Å²) in [6.45, 7) is 0. The van der Waals surface area contributed by atoms with E-state index in [2.05, 4.69) is 0 Å². The van der Waals surface area contributed by atoms with E-state index in [1.165, 1.54) is 20.3 Å². The van der Waals surface area contributed by atoms with E-state index in [4.69, 9.17) is 14.7 Å². The first-order valence-corrected chi connectivity index (χ1v) is 6.85. The number of sulfone groups is 1. The first-order valence-electron chi connectivity index (χ1n) is 4.96. The maximum Gasteiger partial charge on any atom is 0.185 e. The molecule has 96 valence electrons. The van der Waals surface area contributed by atoms with Crippen LogP contribution in [-0.4, -0.2) is 28.9 Å². The Kier molecular flexibility index (Phi) is 4.34. The maximum absolute atomic E-state index is 11.3. The lowest BCUT2D eigenvalue weighted by molar-refractivity contribution is 0.355. The van der Waals surface area contributed by atoms with Crippen LogP contribution in [0.1, 0.15) is 5.56 Å². The van der Waals surface area contributed by atoms with Crippen LogP contribution < -0.4 is 9.47 Å². The van der Waals surface area contributed by atoms with Gasteiger partial charge in [-0.1, -0.05) is 6.07 Å². The summed E-state index contributed by atoms with van der Waals surface area (Å²) in [5.74, 6) is 1.00. The summed E-state index contributed by atoms with van der Waals surface area (Å²) in [7, 11) is -0.537. The zero-order valence-corrected chi connectivity index (χ0v) is 11.1. The molecule has 0 aliphatic carbocycles. The third-order valence-electron chi connectivity index (χ3n) is 2.22. The highest BCUT2D eigenvalue weighted by Crippen LogP contribution is 2.28. The van der Waals surface area contributed by atoms with E-state index in [0.29, 0.717) is 17.1 Å². The van der Waals surface area contributed by atoms with Crippen molar-refractivity contribution in [3.8, 4) is 17.6 Å². The minimum atomic E-state index is -3.52. The molecule has 0 N–H and O–H groups in total. The SMILES string of the molecule is COc1ccc(/C=C(/C#N)S(C)(=O)=O)cc1OC. The predicted octanol–water partition coefficient (Wildman–Crippen LogP) is 1.61. The van der Waals surface area contributed by atoms with Crippen LogP contribution in [0.15, 0.2) is 23.1 Å². The molecule has 18 heavy (non-hydrogen) atoms. The molecule has 0 spiro atoms. The van der Waals surface area contributed by atoms with Gasteiger partial charge in [-0.25, -0.2) is 8.42 Å². The molecule has 1 rings (SSSR count). The second kappa shape index (κ2) is 5.56. The normalized spacial score (nSPS) is 11.8. The second-order valence-corrected chi connectivity index (χ2v) is 5.49. The number of rotatable bonds is 4. The number of allylic oxidation sites excluding steroid dienone is 1. The average molecular weight is 267 g/mol. The van der Waals surface area contributed by atoms with Crippen molar-refractivity contribution in [2.75, 3.05) is 20.5 Å². The van der Waals surface area contributed by atoms with Gasteiger partial charge in [0.25, 0.3) is 0 Å². The Bertz CT molecular complexity index is 611. The fraction of sp³-hybridized carbons (Fsp3) is 0.250. The van der Waals surface area contributed by atoms with Crippen molar-refractivity contribution in [3.05, 3.63) is 28.7 Å². The Morgan fingerprint density at radius 1 is 1.28 bits per heavy atom. The fourth-order valence-electron chi connectivity index (χ4n) is 1.32. The summed E-state index contributed by atoms with van der Waals surface area (Å²) >= 11 is 0. The molecule has 0 aliphatic heterocycles. The van der Waals surface area contributed by atoms with Crippen LogP contribution >= 0.6 is 0 Å². The van der Waals surface area contributed by atoms with Crippen molar-refractivity contribution in [2.45, 2.75) is 0 Å². The molecule has 0 saturated heterocycles. The summed E-state index contributed by atoms with van der Waals surface area (Å²) in [6.07, 6.45) is 2.28. The number of methoxy groups -OCH3 is 2. The van der Waals surface area contributed by atoms with Crippen LogP contribution in [0.4, 0.5) is 0 Å². The van der Waals surface area contributed by atoms with E-state index in [1.807, 2.05) is 0 Å². The van der Waals surface area contributed by atoms with Crippen molar-refractivity contribution in [1.29, 1.82) is 5.26 Å². The van der Waals surface area contributed by atoms with Crippen LogP contribution in [0.5, 0.6) is 11.5 Å². The highest BCUT2D eigenvalue weighted by molar-refractivity contribution is 7.95. The number of ether oxygens (including phenoxy) is 2. The fourth-order valence-corrected chi connectivity index (χ4v) is 1.83. The van der Waals surface area contributed by atoms with E-state index in [-0.39, 0.29) is 4.91 Å². The van der Waals surface area contributed by atoms with Gasteiger partial charge in [0.2, 0.25) is 0 Å². The van der Waals surface area contributed by atoms with Gasteiger partial charge in [-0.3, -0.25) is 0 Å². The molecule has 5 nitrogen and oxygen atoms in total. The lowest BCUT2D eigenvalue weighted by atomic mass is 10.2. The van der Waals surface area contributed by atoms with Crippen LogP contribution in [0, 0.1) is 11.3 Å². The van der Waals surface area contributed by atoms with Crippen molar-refractivity contribution >= 4 is 15.9 Å². The average Bonchev–Trinajstić information content (AvgIpc) is 2.34. The smallest absolute Gasteiger partial charge is 0.185 e. The Hall–Kier alpha value is -2.00. The molecule has 1 aromatic rings. The van der Waals surface area contributed by atoms with Crippen molar-refractivity contribution in [2.24, 2.45) is 0 Å². The summed E-state index contributed by atoms with van der Waals surface area (Å²) < 4.78 is 32.7. The summed E-state index contributed by atoms with van der Waals surface area (Å²) in [5.41, 5.74) is 0.551. The molecule has 0 amide bonds. The van der Waals surface area contributed by atoms with E-state index >= 15 is 0 Å². The van der Waals surface area contributed by atoms with Gasteiger partial charge in [0.05, 0.1) is 14.2 Å². The lowest BCUT2D eigenvalue weighted by Crippen LogP contribution is -1.98. The predicted molar refractivity (Wildman–Crippen MR) is 68.0 cm³/mol. The van der Waals surface area contributed by atoms with Crippen LogP contribution in [0.3, 0.4) is 0 Å². The van der Waals surface area contributed by atoms with E-state index in [9.17, 15) is 8.42 Å². The van der Waals surface area contributed by atoms with Crippen LogP contribution in [-0.2, 0) is 9.84 Å². The molecule has 0 radical (unpaired) electrons. The Balaban J connectivity index is 3.28. The molecule has 1 aromatic carbocycles. The minimum absolute atomic E-state index is 0.297. The van der Waals surface area contributed by atoms with Gasteiger partial charge in [0.15, 0.2) is 21.3 Å². The molecule has 0 unspecified atom stereocenters. The quantitative estimate of drug-likeness (QED) is 0.775. The summed E-state index contributed by atoms with van der Waals surface area (Å²) in [6, 6.07) is 6.54. The molecular formula is C12H13NO4S. The Morgan fingerprint density at radius 3 is 2.33 bits per heavy atom. The molecule has 0 saturated carbocycles. The number of benzene rings is 1. The summed E-state index contributed by atoms with van der Waals surface area (Å²) in [4.78, 5) is -0.297. The highest BCUT2D eigenvalue weighted by atomic mass is 32.2. The van der Waals surface area contributed by atoms with Crippen LogP contribution in [0.2, 0.25) is 0 Å². The standard InChI is InChI=1S/C12H13NO4S/c1-16-11-5-4-9(7-12(11)17-2)6-10(8-13)18(3,14)15/h4-7H,1-3H3/b10-6-. The monoisotopic (exact) mass is 267 g/mol. The summed E-state index contributed by atoms with van der Waals surface area (Å²) in [5, 5.41) is 8.80. The van der Waals surface area contributed by atoms with Crippen LogP contribution in [0.25, 0.3) is 6.08 Å². The zero-order valence-electron chi connectivity index (χ0n) is 10.3. The van der Waals surface area contributed by atoms with Gasteiger partial charge < -0.3 is 9.47 Å². The molecule has 0 aromatic heterocycles. The minimum Gasteiger partial charge on any atom is -0.493 e. The molecule has 0 fully saturated rings. The topological polar surface area (TPSA) is 76.4 Å². The number of hydrogen-bond acceptors (Lipinski definition) is 5. The number of nitriles is 1. The van der Waals surface area contributed by atoms with Crippen molar-refractivity contribution in [1.82, 2.24) is 0 Å². The van der Waals surface area contributed by atoms with Crippen molar-refractivity contribution in [3.63, 3.8) is 0 Å². The molecule has 0 atom stereocenters. The maximum atomic E-state index is 11.3.